The number of hydrogen-bond acceptors (Lipinski definition) is 5. The average molecular weight is 379 g/mol. The van der Waals surface area contributed by atoms with Gasteiger partial charge >= 0.3 is 0 Å². The molecule has 0 saturated carbocycles. The number of aromatic nitrogens is 2. The predicted octanol–water partition coefficient (Wildman–Crippen LogP) is 4.31. The van der Waals surface area contributed by atoms with Gasteiger partial charge in [0, 0.05) is 12.1 Å². The largest absolute Gasteiger partial charge is 0.497 e. The molecule has 2 heterocycles. The van der Waals surface area contributed by atoms with E-state index in [0.29, 0.717) is 0 Å². The smallest absolute Gasteiger partial charge is 0.133 e. The SMILES string of the molecule is COc1ccc(-n2nc(-c3c(OC)cccc3OC)c3c2NCCCC3)cc1. The highest BCUT2D eigenvalue weighted by Crippen LogP contribution is 2.43. The van der Waals surface area contributed by atoms with Crippen LogP contribution in [0.5, 0.6) is 17.2 Å². The lowest BCUT2D eigenvalue weighted by atomic mass is 10.0. The lowest BCUT2D eigenvalue weighted by Gasteiger charge is -2.12. The van der Waals surface area contributed by atoms with Crippen LogP contribution in [0.2, 0.25) is 0 Å². The van der Waals surface area contributed by atoms with E-state index in [9.17, 15) is 0 Å². The quantitative estimate of drug-likeness (QED) is 0.716. The lowest BCUT2D eigenvalue weighted by molar-refractivity contribution is 0.397. The molecular weight excluding hydrogens is 354 g/mol. The van der Waals surface area contributed by atoms with Gasteiger partial charge in [-0.25, -0.2) is 4.68 Å². The second kappa shape index (κ2) is 7.84. The van der Waals surface area contributed by atoms with Crippen molar-refractivity contribution in [2.45, 2.75) is 19.3 Å². The van der Waals surface area contributed by atoms with Gasteiger partial charge in [0.25, 0.3) is 0 Å². The molecule has 6 nitrogen and oxygen atoms in total. The molecule has 0 atom stereocenters. The summed E-state index contributed by atoms with van der Waals surface area (Å²) < 4.78 is 18.6. The number of anilines is 1. The Morgan fingerprint density at radius 3 is 2.25 bits per heavy atom. The van der Waals surface area contributed by atoms with Crippen molar-refractivity contribution >= 4 is 5.82 Å². The standard InChI is InChI=1S/C22H25N3O3/c1-26-16-12-10-15(11-13-16)25-22-17(7-4-5-14-23-22)21(24-25)20-18(27-2)8-6-9-19(20)28-3/h6,8-13,23H,4-5,7,14H2,1-3H3. The second-order valence-electron chi connectivity index (χ2n) is 6.71. The Bertz CT molecular complexity index is 942. The van der Waals surface area contributed by atoms with Crippen molar-refractivity contribution < 1.29 is 14.2 Å². The van der Waals surface area contributed by atoms with E-state index in [2.05, 4.69) is 5.32 Å². The van der Waals surface area contributed by atoms with Crippen LogP contribution in [0, 0.1) is 0 Å². The van der Waals surface area contributed by atoms with Crippen LogP contribution in [0.1, 0.15) is 18.4 Å². The fourth-order valence-corrected chi connectivity index (χ4v) is 3.70. The summed E-state index contributed by atoms with van der Waals surface area (Å²) in [4.78, 5) is 0. The maximum absolute atomic E-state index is 5.64. The van der Waals surface area contributed by atoms with Crippen LogP contribution in [0.4, 0.5) is 5.82 Å². The highest BCUT2D eigenvalue weighted by Gasteiger charge is 2.25. The number of hydrogen-bond donors (Lipinski definition) is 1. The maximum atomic E-state index is 5.64. The zero-order valence-corrected chi connectivity index (χ0v) is 16.5. The monoisotopic (exact) mass is 379 g/mol. The molecule has 0 unspecified atom stereocenters. The van der Waals surface area contributed by atoms with Gasteiger partial charge in [0.2, 0.25) is 0 Å². The van der Waals surface area contributed by atoms with E-state index in [4.69, 9.17) is 19.3 Å². The fraction of sp³-hybridized carbons (Fsp3) is 0.318. The van der Waals surface area contributed by atoms with Crippen LogP contribution in [-0.2, 0) is 6.42 Å². The summed E-state index contributed by atoms with van der Waals surface area (Å²) in [5.41, 5.74) is 3.96. The Labute approximate surface area is 165 Å². The van der Waals surface area contributed by atoms with Crippen molar-refractivity contribution in [2.24, 2.45) is 0 Å². The van der Waals surface area contributed by atoms with Crippen molar-refractivity contribution in [1.82, 2.24) is 9.78 Å². The van der Waals surface area contributed by atoms with Crippen molar-refractivity contribution in [1.29, 1.82) is 0 Å². The van der Waals surface area contributed by atoms with E-state index in [1.807, 2.05) is 47.1 Å². The molecule has 1 aliphatic rings. The minimum absolute atomic E-state index is 0.755. The number of fused-ring (bicyclic) bond motifs is 1. The van der Waals surface area contributed by atoms with Crippen LogP contribution in [-0.4, -0.2) is 37.7 Å². The first-order valence-electron chi connectivity index (χ1n) is 9.48. The van der Waals surface area contributed by atoms with Crippen LogP contribution in [0.3, 0.4) is 0 Å². The Morgan fingerprint density at radius 1 is 0.893 bits per heavy atom. The molecule has 6 heteroatoms. The zero-order chi connectivity index (χ0) is 19.5. The zero-order valence-electron chi connectivity index (χ0n) is 16.5. The molecule has 0 aliphatic carbocycles. The third-order valence-corrected chi connectivity index (χ3v) is 5.11. The predicted molar refractivity (Wildman–Crippen MR) is 110 cm³/mol. The van der Waals surface area contributed by atoms with Gasteiger partial charge in [-0.05, 0) is 55.7 Å². The maximum Gasteiger partial charge on any atom is 0.133 e. The number of methoxy groups -OCH3 is 3. The van der Waals surface area contributed by atoms with Crippen molar-refractivity contribution in [3.8, 4) is 34.2 Å². The molecule has 146 valence electrons. The molecule has 4 rings (SSSR count). The summed E-state index contributed by atoms with van der Waals surface area (Å²) in [6.07, 6.45) is 3.19. The normalized spacial score (nSPS) is 13.2. The first-order chi connectivity index (χ1) is 13.8. The summed E-state index contributed by atoms with van der Waals surface area (Å²) in [6.45, 7) is 0.928. The molecule has 0 radical (unpaired) electrons. The molecule has 0 amide bonds. The molecular formula is C22H25N3O3. The first-order valence-corrected chi connectivity index (χ1v) is 9.48. The van der Waals surface area contributed by atoms with Gasteiger partial charge in [0.1, 0.15) is 28.8 Å². The molecule has 1 aliphatic heterocycles. The van der Waals surface area contributed by atoms with E-state index in [0.717, 1.165) is 65.8 Å². The fourth-order valence-electron chi connectivity index (χ4n) is 3.70. The summed E-state index contributed by atoms with van der Waals surface area (Å²) >= 11 is 0. The van der Waals surface area contributed by atoms with Crippen molar-refractivity contribution in [2.75, 3.05) is 33.2 Å². The van der Waals surface area contributed by atoms with Gasteiger partial charge < -0.3 is 19.5 Å². The number of ether oxygens (including phenoxy) is 3. The third kappa shape index (κ3) is 3.15. The van der Waals surface area contributed by atoms with Gasteiger partial charge in [-0.3, -0.25) is 0 Å². The van der Waals surface area contributed by atoms with E-state index >= 15 is 0 Å². The summed E-state index contributed by atoms with van der Waals surface area (Å²) in [5, 5.41) is 8.57. The van der Waals surface area contributed by atoms with Gasteiger partial charge in [-0.15, -0.1) is 0 Å². The minimum Gasteiger partial charge on any atom is -0.497 e. The molecule has 0 spiro atoms. The Morgan fingerprint density at radius 2 is 1.61 bits per heavy atom. The summed E-state index contributed by atoms with van der Waals surface area (Å²) in [6, 6.07) is 13.7. The van der Waals surface area contributed by atoms with Gasteiger partial charge in [0.05, 0.1) is 32.6 Å². The number of rotatable bonds is 5. The van der Waals surface area contributed by atoms with Crippen LogP contribution < -0.4 is 19.5 Å². The molecule has 28 heavy (non-hydrogen) atoms. The third-order valence-electron chi connectivity index (χ3n) is 5.11. The molecule has 1 N–H and O–H groups in total. The van der Waals surface area contributed by atoms with E-state index < -0.39 is 0 Å². The second-order valence-corrected chi connectivity index (χ2v) is 6.71. The van der Waals surface area contributed by atoms with Gasteiger partial charge in [-0.1, -0.05) is 6.07 Å². The number of nitrogens with one attached hydrogen (secondary N) is 1. The van der Waals surface area contributed by atoms with E-state index in [1.54, 1.807) is 21.3 Å². The highest BCUT2D eigenvalue weighted by atomic mass is 16.5. The van der Waals surface area contributed by atoms with Gasteiger partial charge in [0.15, 0.2) is 0 Å². The Hall–Kier alpha value is -3.15. The molecule has 2 aromatic carbocycles. The average Bonchev–Trinajstić information content (AvgIpc) is 2.93. The number of benzene rings is 2. The topological polar surface area (TPSA) is 57.5 Å². The van der Waals surface area contributed by atoms with Crippen molar-refractivity contribution in [3.05, 3.63) is 48.0 Å². The summed E-state index contributed by atoms with van der Waals surface area (Å²) in [5.74, 6) is 3.36. The molecule has 1 aromatic heterocycles. The lowest BCUT2D eigenvalue weighted by Crippen LogP contribution is -2.07. The van der Waals surface area contributed by atoms with Gasteiger partial charge in [-0.2, -0.15) is 5.10 Å². The molecule has 3 aromatic rings. The molecule has 0 saturated heterocycles. The Balaban J connectivity index is 1.93. The first kappa shape index (κ1) is 18.2. The van der Waals surface area contributed by atoms with Crippen LogP contribution in [0.15, 0.2) is 42.5 Å². The van der Waals surface area contributed by atoms with Crippen molar-refractivity contribution in [3.63, 3.8) is 0 Å². The highest BCUT2D eigenvalue weighted by molar-refractivity contribution is 5.80. The van der Waals surface area contributed by atoms with Crippen LogP contribution >= 0.6 is 0 Å². The molecule has 0 fully saturated rings. The number of nitrogens with zero attached hydrogens (tertiary/aromatic N) is 2. The van der Waals surface area contributed by atoms with Crippen LogP contribution in [0.25, 0.3) is 16.9 Å². The minimum atomic E-state index is 0.755. The molecule has 0 bridgehead atoms. The summed E-state index contributed by atoms with van der Waals surface area (Å²) in [7, 11) is 5.02. The van der Waals surface area contributed by atoms with E-state index in [1.165, 1.54) is 5.56 Å². The van der Waals surface area contributed by atoms with E-state index in [-0.39, 0.29) is 0 Å². The Kier molecular flexibility index (Phi) is 5.10.